The summed E-state index contributed by atoms with van der Waals surface area (Å²) in [6, 6.07) is 18.4. The maximum absolute atomic E-state index is 13.3. The number of rotatable bonds is 3. The number of halogens is 1. The van der Waals surface area contributed by atoms with Crippen LogP contribution in [-0.2, 0) is 11.2 Å². The standard InChI is InChI=1S/C25H20FN3O3/c1-15-27-22-12-11-19(14-20(22)25(31)29(15)18-9-7-17(26)8-10-18)32-23-13-6-16-4-2-3-5-21(16)28-24(23)30/h2-5,7-12,14,23H,6,13H2,1H3,(H,28,30)/t23-/m1/s1. The molecular formula is C25H20FN3O3. The van der Waals surface area contributed by atoms with E-state index in [2.05, 4.69) is 10.3 Å². The minimum absolute atomic E-state index is 0.221. The molecule has 5 rings (SSSR count). The highest BCUT2D eigenvalue weighted by molar-refractivity contribution is 5.96. The summed E-state index contributed by atoms with van der Waals surface area (Å²) in [6.07, 6.45) is 0.538. The zero-order valence-electron chi connectivity index (χ0n) is 17.3. The van der Waals surface area contributed by atoms with E-state index in [4.69, 9.17) is 4.74 Å². The monoisotopic (exact) mass is 429 g/mol. The van der Waals surface area contributed by atoms with Gasteiger partial charge >= 0.3 is 0 Å². The van der Waals surface area contributed by atoms with Crippen molar-refractivity contribution in [3.63, 3.8) is 0 Å². The average molecular weight is 429 g/mol. The van der Waals surface area contributed by atoms with E-state index >= 15 is 0 Å². The minimum Gasteiger partial charge on any atom is -0.481 e. The largest absolute Gasteiger partial charge is 0.481 e. The average Bonchev–Trinajstić information content (AvgIpc) is 2.94. The van der Waals surface area contributed by atoms with E-state index in [-0.39, 0.29) is 17.3 Å². The molecule has 1 aromatic heterocycles. The molecule has 1 amide bonds. The Morgan fingerprint density at radius 2 is 1.84 bits per heavy atom. The lowest BCUT2D eigenvalue weighted by Gasteiger charge is -2.17. The predicted molar refractivity (Wildman–Crippen MR) is 120 cm³/mol. The van der Waals surface area contributed by atoms with Gasteiger partial charge in [0, 0.05) is 5.69 Å². The van der Waals surface area contributed by atoms with Crippen LogP contribution in [0, 0.1) is 12.7 Å². The van der Waals surface area contributed by atoms with Gasteiger partial charge in [-0.1, -0.05) is 18.2 Å². The van der Waals surface area contributed by atoms with E-state index in [9.17, 15) is 14.0 Å². The summed E-state index contributed by atoms with van der Waals surface area (Å²) >= 11 is 0. The number of ether oxygens (including phenoxy) is 1. The Hall–Kier alpha value is -4.00. The number of fused-ring (bicyclic) bond motifs is 2. The van der Waals surface area contributed by atoms with Crippen LogP contribution < -0.4 is 15.6 Å². The van der Waals surface area contributed by atoms with Gasteiger partial charge in [0.2, 0.25) is 0 Å². The van der Waals surface area contributed by atoms with Crippen LogP contribution in [0.2, 0.25) is 0 Å². The first-order valence-corrected chi connectivity index (χ1v) is 10.3. The number of nitrogens with one attached hydrogen (secondary N) is 1. The van der Waals surface area contributed by atoms with Gasteiger partial charge in [0.05, 0.1) is 16.6 Å². The van der Waals surface area contributed by atoms with Crippen LogP contribution >= 0.6 is 0 Å². The van der Waals surface area contributed by atoms with Crippen molar-refractivity contribution >= 4 is 22.5 Å². The van der Waals surface area contributed by atoms with Crippen molar-refractivity contribution < 1.29 is 13.9 Å². The van der Waals surface area contributed by atoms with Crippen molar-refractivity contribution in [1.29, 1.82) is 0 Å². The van der Waals surface area contributed by atoms with Crippen molar-refractivity contribution in [3.8, 4) is 11.4 Å². The predicted octanol–water partition coefficient (Wildman–Crippen LogP) is 4.17. The van der Waals surface area contributed by atoms with Crippen LogP contribution in [0.3, 0.4) is 0 Å². The molecule has 1 atom stereocenters. The molecule has 6 nitrogen and oxygen atoms in total. The number of amides is 1. The third kappa shape index (κ3) is 3.62. The number of carbonyl (C=O) groups excluding carboxylic acids is 1. The molecule has 0 aliphatic carbocycles. The fourth-order valence-electron chi connectivity index (χ4n) is 4.01. The van der Waals surface area contributed by atoms with Gasteiger partial charge in [0.15, 0.2) is 6.10 Å². The van der Waals surface area contributed by atoms with Gasteiger partial charge in [-0.25, -0.2) is 9.37 Å². The Labute approximate surface area is 183 Å². The smallest absolute Gasteiger partial charge is 0.266 e. The Morgan fingerprint density at radius 3 is 2.66 bits per heavy atom. The third-order valence-electron chi connectivity index (χ3n) is 5.61. The summed E-state index contributed by atoms with van der Waals surface area (Å²) in [5.41, 5.74) is 2.62. The van der Waals surface area contributed by atoms with Gasteiger partial charge in [-0.3, -0.25) is 14.2 Å². The molecule has 3 aromatic carbocycles. The molecule has 2 heterocycles. The van der Waals surface area contributed by atoms with E-state index in [1.54, 1.807) is 25.1 Å². The number of nitrogens with zero attached hydrogens (tertiary/aromatic N) is 2. The Kier molecular flexibility index (Phi) is 4.93. The Morgan fingerprint density at radius 1 is 1.06 bits per heavy atom. The highest BCUT2D eigenvalue weighted by Gasteiger charge is 2.25. The van der Waals surface area contributed by atoms with Gasteiger partial charge in [-0.2, -0.15) is 0 Å². The van der Waals surface area contributed by atoms with E-state index in [0.717, 1.165) is 11.3 Å². The zero-order chi connectivity index (χ0) is 22.2. The molecule has 0 saturated heterocycles. The molecule has 0 fully saturated rings. The summed E-state index contributed by atoms with van der Waals surface area (Å²) < 4.78 is 20.8. The van der Waals surface area contributed by atoms with Crippen LogP contribution in [-0.4, -0.2) is 21.6 Å². The maximum atomic E-state index is 13.3. The van der Waals surface area contributed by atoms with Gasteiger partial charge in [-0.15, -0.1) is 0 Å². The lowest BCUT2D eigenvalue weighted by molar-refractivity contribution is -0.122. The lowest BCUT2D eigenvalue weighted by atomic mass is 10.1. The van der Waals surface area contributed by atoms with Crippen LogP contribution in [0.15, 0.2) is 71.5 Å². The molecule has 160 valence electrons. The van der Waals surface area contributed by atoms with E-state index in [1.807, 2.05) is 24.3 Å². The van der Waals surface area contributed by atoms with Gasteiger partial charge in [-0.05, 0) is 73.9 Å². The normalized spacial score (nSPS) is 15.7. The molecule has 1 N–H and O–H groups in total. The van der Waals surface area contributed by atoms with Crippen molar-refractivity contribution in [2.75, 3.05) is 5.32 Å². The second-order valence-electron chi connectivity index (χ2n) is 7.75. The highest BCUT2D eigenvalue weighted by atomic mass is 19.1. The summed E-state index contributed by atoms with van der Waals surface area (Å²) in [5, 5.41) is 3.27. The molecule has 0 spiro atoms. The number of hydrogen-bond acceptors (Lipinski definition) is 4. The van der Waals surface area contributed by atoms with E-state index in [0.29, 0.717) is 41.0 Å². The molecule has 0 radical (unpaired) electrons. The number of hydrogen-bond donors (Lipinski definition) is 1. The van der Waals surface area contributed by atoms with Crippen LogP contribution in [0.5, 0.6) is 5.75 Å². The second kappa shape index (κ2) is 7.92. The molecule has 1 aliphatic rings. The number of anilines is 1. The molecular weight excluding hydrogens is 409 g/mol. The summed E-state index contributed by atoms with van der Waals surface area (Å²) in [5.74, 6) is 0.300. The molecule has 32 heavy (non-hydrogen) atoms. The first-order valence-electron chi connectivity index (χ1n) is 10.3. The SMILES string of the molecule is Cc1nc2ccc(O[C@@H]3CCc4ccccc4NC3=O)cc2c(=O)n1-c1ccc(F)cc1. The van der Waals surface area contributed by atoms with E-state index < -0.39 is 6.10 Å². The van der Waals surface area contributed by atoms with Crippen LogP contribution in [0.25, 0.3) is 16.6 Å². The van der Waals surface area contributed by atoms with Crippen molar-refractivity contribution in [3.05, 3.63) is 94.3 Å². The molecule has 7 heteroatoms. The summed E-state index contributed by atoms with van der Waals surface area (Å²) in [6.45, 7) is 1.72. The number of carbonyl (C=O) groups is 1. The number of aromatic nitrogens is 2. The summed E-state index contributed by atoms with van der Waals surface area (Å²) in [4.78, 5) is 30.4. The minimum atomic E-state index is -0.683. The molecule has 0 saturated carbocycles. The van der Waals surface area contributed by atoms with Gasteiger partial charge in [0.25, 0.3) is 11.5 Å². The van der Waals surface area contributed by atoms with Crippen molar-refractivity contribution in [1.82, 2.24) is 9.55 Å². The Bertz CT molecular complexity index is 1400. The first-order chi connectivity index (χ1) is 15.5. The van der Waals surface area contributed by atoms with Crippen LogP contribution in [0.4, 0.5) is 10.1 Å². The molecule has 0 unspecified atom stereocenters. The number of aryl methyl sites for hydroxylation is 2. The van der Waals surface area contributed by atoms with Gasteiger partial charge < -0.3 is 10.1 Å². The quantitative estimate of drug-likeness (QED) is 0.531. The fourth-order valence-corrected chi connectivity index (χ4v) is 4.01. The topological polar surface area (TPSA) is 73.2 Å². The lowest BCUT2D eigenvalue weighted by Crippen LogP contribution is -2.31. The summed E-state index contributed by atoms with van der Waals surface area (Å²) in [7, 11) is 0. The molecule has 4 aromatic rings. The Balaban J connectivity index is 1.49. The van der Waals surface area contributed by atoms with Gasteiger partial charge in [0.1, 0.15) is 17.4 Å². The third-order valence-corrected chi connectivity index (χ3v) is 5.61. The van der Waals surface area contributed by atoms with Crippen molar-refractivity contribution in [2.24, 2.45) is 0 Å². The number of para-hydroxylation sites is 1. The number of benzene rings is 3. The highest BCUT2D eigenvalue weighted by Crippen LogP contribution is 2.25. The fraction of sp³-hybridized carbons (Fsp3) is 0.160. The first kappa shape index (κ1) is 19.9. The molecule has 1 aliphatic heterocycles. The second-order valence-corrected chi connectivity index (χ2v) is 7.75. The van der Waals surface area contributed by atoms with Crippen molar-refractivity contribution in [2.45, 2.75) is 25.9 Å². The maximum Gasteiger partial charge on any atom is 0.266 e. The van der Waals surface area contributed by atoms with Crippen LogP contribution in [0.1, 0.15) is 17.8 Å². The zero-order valence-corrected chi connectivity index (χ0v) is 17.3. The molecule has 0 bridgehead atoms. The van der Waals surface area contributed by atoms with E-state index in [1.165, 1.54) is 28.8 Å².